The van der Waals surface area contributed by atoms with Crippen molar-refractivity contribution in [3.8, 4) is 0 Å². The highest BCUT2D eigenvalue weighted by Gasteiger charge is 2.41. The molecule has 2 amide bonds. The molecule has 1 aliphatic carbocycles. The van der Waals surface area contributed by atoms with Crippen LogP contribution in [0.2, 0.25) is 0 Å². The molecule has 1 aliphatic rings. The fourth-order valence-corrected chi connectivity index (χ4v) is 6.22. The molecular weight excluding hydrogens is 797 g/mol. The van der Waals surface area contributed by atoms with Crippen LogP contribution in [0.3, 0.4) is 0 Å². The Morgan fingerprint density at radius 2 is 1.03 bits per heavy atom. The monoisotopic (exact) mass is 871 g/mol. The maximum Gasteiger partial charge on any atom is 0.330 e. The number of ketones is 2. The number of hydrogen-bond acceptors (Lipinski definition) is 12. The molecule has 14 nitrogen and oxygen atoms in total. The summed E-state index contributed by atoms with van der Waals surface area (Å²) in [5, 5.41) is 5.80. The van der Waals surface area contributed by atoms with Gasteiger partial charge in [-0.2, -0.15) is 0 Å². The topological polar surface area (TPSA) is 198 Å². The zero-order valence-corrected chi connectivity index (χ0v) is 38.1. The summed E-state index contributed by atoms with van der Waals surface area (Å²) < 4.78 is 20.8. The van der Waals surface area contributed by atoms with E-state index in [1.165, 1.54) is 26.0 Å². The van der Waals surface area contributed by atoms with Crippen molar-refractivity contribution < 1.29 is 57.3 Å². The molecule has 3 atom stereocenters. The summed E-state index contributed by atoms with van der Waals surface area (Å²) in [6.07, 6.45) is 16.4. The van der Waals surface area contributed by atoms with Crippen LogP contribution in [0.25, 0.3) is 0 Å². The summed E-state index contributed by atoms with van der Waals surface area (Å²) in [6, 6.07) is 0. The summed E-state index contributed by atoms with van der Waals surface area (Å²) in [7, 11) is 0. The van der Waals surface area contributed by atoms with Gasteiger partial charge in [-0.1, -0.05) is 92.3 Å². The Morgan fingerprint density at radius 1 is 0.613 bits per heavy atom. The van der Waals surface area contributed by atoms with Gasteiger partial charge in [0, 0.05) is 62.1 Å². The second-order valence-corrected chi connectivity index (χ2v) is 15.9. The first kappa shape index (κ1) is 58.7. The lowest BCUT2D eigenvalue weighted by Gasteiger charge is -2.37. The fraction of sp³-hybridized carbons (Fsp3) is 0.583. The Labute approximate surface area is 370 Å². The Bertz CT molecular complexity index is 1430. The van der Waals surface area contributed by atoms with Crippen LogP contribution in [0.15, 0.2) is 75.9 Å². The van der Waals surface area contributed by atoms with Gasteiger partial charge in [-0.25, -0.2) is 19.2 Å². The quantitative estimate of drug-likeness (QED) is 0.0298. The van der Waals surface area contributed by atoms with Crippen molar-refractivity contribution in [3.05, 3.63) is 75.9 Å². The van der Waals surface area contributed by atoms with Crippen LogP contribution in [0, 0.1) is 28.6 Å². The Balaban J connectivity index is 0. The van der Waals surface area contributed by atoms with Gasteiger partial charge in [-0.05, 0) is 69.4 Å². The summed E-state index contributed by atoms with van der Waals surface area (Å²) in [6.45, 7) is 30.7. The molecule has 348 valence electrons. The van der Waals surface area contributed by atoms with Gasteiger partial charge in [0.25, 0.3) is 0 Å². The van der Waals surface area contributed by atoms with Crippen molar-refractivity contribution in [1.82, 2.24) is 10.6 Å². The zero-order valence-electron chi connectivity index (χ0n) is 38.1. The lowest BCUT2D eigenvalue weighted by Crippen LogP contribution is -2.39. The second-order valence-electron chi connectivity index (χ2n) is 15.9. The SMILES string of the molecule is C=CC(=O)CCC(COC(=O)C=C)(CC(C)CC)CC(C)C(=O)NCCCCCCNC(C)=O.C=CC(=O)OCC(COC(=O)C=C)(COC(=O)C=C)CC1CC1.C=CC(C)=O. The van der Waals surface area contributed by atoms with Crippen LogP contribution in [0.5, 0.6) is 0 Å². The Morgan fingerprint density at radius 3 is 1.39 bits per heavy atom. The van der Waals surface area contributed by atoms with Crippen LogP contribution < -0.4 is 10.6 Å². The van der Waals surface area contributed by atoms with Gasteiger partial charge in [-0.3, -0.25) is 19.2 Å². The first-order valence-corrected chi connectivity index (χ1v) is 21.3. The lowest BCUT2D eigenvalue weighted by atomic mass is 9.70. The van der Waals surface area contributed by atoms with E-state index in [2.05, 4.69) is 64.0 Å². The molecule has 3 unspecified atom stereocenters. The van der Waals surface area contributed by atoms with Gasteiger partial charge in [0.1, 0.15) is 19.8 Å². The molecule has 1 saturated carbocycles. The first-order chi connectivity index (χ1) is 29.3. The summed E-state index contributed by atoms with van der Waals surface area (Å²) in [5.74, 6) is -1.85. The minimum absolute atomic E-state index is 0.0150. The van der Waals surface area contributed by atoms with Crippen LogP contribution >= 0.6 is 0 Å². The molecule has 1 rings (SSSR count). The average molecular weight is 871 g/mol. The molecule has 62 heavy (non-hydrogen) atoms. The van der Waals surface area contributed by atoms with Gasteiger partial charge in [0.15, 0.2) is 11.6 Å². The Hall–Kier alpha value is -5.40. The molecule has 0 spiro atoms. The fourth-order valence-electron chi connectivity index (χ4n) is 6.22. The van der Waals surface area contributed by atoms with Gasteiger partial charge in [0.05, 0.1) is 12.0 Å². The van der Waals surface area contributed by atoms with Crippen LogP contribution in [-0.2, 0) is 57.3 Å². The van der Waals surface area contributed by atoms with Crippen LogP contribution in [0.4, 0.5) is 0 Å². The maximum atomic E-state index is 12.8. The summed E-state index contributed by atoms with van der Waals surface area (Å²) in [4.78, 5) is 91.2. The minimum atomic E-state index is -0.794. The number of hydrogen-bond donors (Lipinski definition) is 2. The average Bonchev–Trinajstić information content (AvgIpc) is 4.09. The number of rotatable bonds is 32. The number of carbonyl (C=O) groups is 8. The third-order valence-corrected chi connectivity index (χ3v) is 10.0. The van der Waals surface area contributed by atoms with E-state index in [-0.39, 0.29) is 55.7 Å². The molecule has 2 N–H and O–H groups in total. The summed E-state index contributed by atoms with van der Waals surface area (Å²) in [5.41, 5.74) is -1.27. The molecule has 14 heteroatoms. The number of allylic oxidation sites excluding steroid dienone is 2. The predicted octanol–water partition coefficient (Wildman–Crippen LogP) is 7.23. The smallest absolute Gasteiger partial charge is 0.330 e. The molecule has 0 aromatic rings. The third kappa shape index (κ3) is 30.6. The zero-order chi connectivity index (χ0) is 47.6. The van der Waals surface area contributed by atoms with Gasteiger partial charge < -0.3 is 29.6 Å². The van der Waals surface area contributed by atoms with E-state index in [9.17, 15) is 38.4 Å². The van der Waals surface area contributed by atoms with E-state index in [0.717, 1.165) is 75.7 Å². The van der Waals surface area contributed by atoms with Gasteiger partial charge >= 0.3 is 23.9 Å². The van der Waals surface area contributed by atoms with E-state index in [1.54, 1.807) is 0 Å². The van der Waals surface area contributed by atoms with E-state index >= 15 is 0 Å². The molecule has 0 heterocycles. The van der Waals surface area contributed by atoms with E-state index in [4.69, 9.17) is 18.9 Å². The maximum absolute atomic E-state index is 12.8. The number of carbonyl (C=O) groups excluding carboxylic acids is 8. The largest absolute Gasteiger partial charge is 0.462 e. The van der Waals surface area contributed by atoms with Crippen LogP contribution in [0.1, 0.15) is 112 Å². The molecule has 0 radical (unpaired) electrons. The highest BCUT2D eigenvalue weighted by molar-refractivity contribution is 5.89. The molecule has 1 fully saturated rings. The first-order valence-electron chi connectivity index (χ1n) is 21.3. The highest BCUT2D eigenvalue weighted by Crippen LogP contribution is 2.42. The number of nitrogens with one attached hydrogen (secondary N) is 2. The standard InChI is InChI=1S/C27H46N2O5.C17H22O6.C4H6O/c1-7-21(4)18-27(15-14-24(31)8-2,20-34-25(32)9-3)19-22(5)26(33)29-17-13-11-10-12-16-28-23(6)30;1-4-14(18)21-10-17(9-13-7-8-13,11-22-15(19)5-2)12-23-16(20)6-3;1-3-4(2)5/h8-9,21-22H,2-3,7,10-20H2,1,4-6H3,(H,28,30)(H,29,33);4-6,13H,1-3,7-12H2;3H,1H2,2H3. The van der Waals surface area contributed by atoms with Crippen molar-refractivity contribution in [2.75, 3.05) is 39.5 Å². The summed E-state index contributed by atoms with van der Waals surface area (Å²) >= 11 is 0. The Kier molecular flexibility index (Phi) is 32.4. The molecule has 0 aliphatic heterocycles. The number of ether oxygens (including phenoxy) is 4. The number of unbranched alkanes of at least 4 members (excludes halogenated alkanes) is 3. The van der Waals surface area contributed by atoms with Crippen molar-refractivity contribution in [2.45, 2.75) is 112 Å². The van der Waals surface area contributed by atoms with Crippen molar-refractivity contribution in [3.63, 3.8) is 0 Å². The second kappa shape index (κ2) is 34.2. The highest BCUT2D eigenvalue weighted by atomic mass is 16.6. The molecule has 0 bridgehead atoms. The third-order valence-electron chi connectivity index (χ3n) is 10.0. The molecular formula is C48H74N2O12. The van der Waals surface area contributed by atoms with Crippen molar-refractivity contribution in [2.24, 2.45) is 28.6 Å². The van der Waals surface area contributed by atoms with E-state index in [0.29, 0.717) is 50.6 Å². The molecule has 0 aromatic carbocycles. The number of amides is 2. The predicted molar refractivity (Wildman–Crippen MR) is 240 cm³/mol. The van der Waals surface area contributed by atoms with Crippen molar-refractivity contribution >= 4 is 47.3 Å². The number of esters is 4. The van der Waals surface area contributed by atoms with E-state index in [1.807, 2.05) is 6.92 Å². The van der Waals surface area contributed by atoms with Crippen molar-refractivity contribution in [1.29, 1.82) is 0 Å². The normalized spacial score (nSPS) is 13.4. The molecule has 0 aromatic heterocycles. The van der Waals surface area contributed by atoms with E-state index < -0.39 is 34.7 Å². The van der Waals surface area contributed by atoms with Gasteiger partial charge in [0.2, 0.25) is 11.8 Å². The molecule has 0 saturated heterocycles. The lowest BCUT2D eigenvalue weighted by molar-refractivity contribution is -0.157. The minimum Gasteiger partial charge on any atom is -0.462 e. The van der Waals surface area contributed by atoms with Gasteiger partial charge in [-0.15, -0.1) is 0 Å². The van der Waals surface area contributed by atoms with Crippen LogP contribution in [-0.4, -0.2) is 86.8 Å².